The molecule has 1 aromatic carbocycles. The van der Waals surface area contributed by atoms with Gasteiger partial charge in [-0.3, -0.25) is 0 Å². The summed E-state index contributed by atoms with van der Waals surface area (Å²) in [5.41, 5.74) is 8.74. The monoisotopic (exact) mass is 244 g/mol. The summed E-state index contributed by atoms with van der Waals surface area (Å²) < 4.78 is 1.65. The van der Waals surface area contributed by atoms with Gasteiger partial charge in [0.05, 0.1) is 0 Å². The van der Waals surface area contributed by atoms with E-state index < -0.39 is 0 Å². The van der Waals surface area contributed by atoms with E-state index in [0.29, 0.717) is 5.82 Å². The summed E-state index contributed by atoms with van der Waals surface area (Å²) >= 11 is 5.76. The minimum absolute atomic E-state index is 0.144. The van der Waals surface area contributed by atoms with Crippen molar-refractivity contribution in [3.05, 3.63) is 47.9 Å². The first kappa shape index (κ1) is 10.1. The summed E-state index contributed by atoms with van der Waals surface area (Å²) in [6.07, 6.45) is 1.82. The lowest BCUT2D eigenvalue weighted by Gasteiger charge is -2.02. The number of benzene rings is 1. The Bertz CT molecular complexity index is 676. The Morgan fingerprint density at radius 3 is 2.65 bits per heavy atom. The first-order valence-corrected chi connectivity index (χ1v) is 5.49. The maximum atomic E-state index is 5.88. The lowest BCUT2D eigenvalue weighted by Crippen LogP contribution is -2.00. The summed E-state index contributed by atoms with van der Waals surface area (Å²) in [6, 6.07) is 11.9. The van der Waals surface area contributed by atoms with Gasteiger partial charge in [0.1, 0.15) is 5.52 Å². The fraction of sp³-hybridized carbons (Fsp3) is 0. The normalized spacial score (nSPS) is 10.9. The van der Waals surface area contributed by atoms with E-state index in [1.165, 1.54) is 0 Å². The number of halogens is 1. The number of hydrogen-bond donors (Lipinski definition) is 1. The van der Waals surface area contributed by atoms with E-state index in [-0.39, 0.29) is 5.28 Å². The number of hydrogen-bond acceptors (Lipinski definition) is 3. The van der Waals surface area contributed by atoms with Crippen molar-refractivity contribution in [2.75, 3.05) is 5.73 Å². The molecule has 0 aliphatic rings. The third-order valence-electron chi connectivity index (χ3n) is 2.60. The van der Waals surface area contributed by atoms with Crippen molar-refractivity contribution >= 4 is 22.9 Å². The molecule has 0 saturated heterocycles. The van der Waals surface area contributed by atoms with Gasteiger partial charge in [-0.05, 0) is 23.2 Å². The number of nitrogen functional groups attached to an aromatic ring is 1. The fourth-order valence-corrected chi connectivity index (χ4v) is 2.05. The molecule has 5 heteroatoms. The molecule has 84 valence electrons. The molecular formula is C12H9ClN4. The van der Waals surface area contributed by atoms with Gasteiger partial charge < -0.3 is 5.73 Å². The Balaban J connectivity index is 2.32. The third kappa shape index (κ3) is 1.62. The molecule has 0 radical (unpaired) electrons. The average Bonchev–Trinajstić information content (AvgIpc) is 2.74. The van der Waals surface area contributed by atoms with Gasteiger partial charge in [-0.15, -0.1) is 5.10 Å². The lowest BCUT2D eigenvalue weighted by molar-refractivity contribution is 0.909. The molecule has 0 saturated carbocycles. The average molecular weight is 245 g/mol. The highest BCUT2D eigenvalue weighted by Gasteiger charge is 2.10. The number of fused-ring (bicyclic) bond motifs is 1. The van der Waals surface area contributed by atoms with Crippen LogP contribution in [-0.4, -0.2) is 14.6 Å². The molecule has 0 atom stereocenters. The second-order valence-electron chi connectivity index (χ2n) is 3.65. The first-order chi connectivity index (χ1) is 8.25. The van der Waals surface area contributed by atoms with Gasteiger partial charge >= 0.3 is 0 Å². The van der Waals surface area contributed by atoms with Gasteiger partial charge in [0.25, 0.3) is 0 Å². The molecule has 0 aliphatic carbocycles. The highest BCUT2D eigenvalue weighted by Crippen LogP contribution is 2.28. The van der Waals surface area contributed by atoms with Crippen LogP contribution in [0.25, 0.3) is 16.6 Å². The standard InChI is InChI=1S/C12H9ClN4/c13-12-15-11(14)10-9(6-7-17(10)16-12)8-4-2-1-3-5-8/h1-7H,(H2,14,15,16). The van der Waals surface area contributed by atoms with Gasteiger partial charge in [-0.25, -0.2) is 4.52 Å². The van der Waals surface area contributed by atoms with Crippen LogP contribution in [0.1, 0.15) is 0 Å². The Morgan fingerprint density at radius 1 is 1.12 bits per heavy atom. The largest absolute Gasteiger partial charge is 0.382 e. The topological polar surface area (TPSA) is 56.2 Å². The molecule has 3 aromatic rings. The Labute approximate surface area is 103 Å². The van der Waals surface area contributed by atoms with E-state index in [1.54, 1.807) is 4.52 Å². The zero-order valence-corrected chi connectivity index (χ0v) is 9.59. The summed E-state index contributed by atoms with van der Waals surface area (Å²) in [4.78, 5) is 3.97. The predicted molar refractivity (Wildman–Crippen MR) is 67.8 cm³/mol. The Kier molecular flexibility index (Phi) is 2.23. The van der Waals surface area contributed by atoms with Crippen LogP contribution in [0.5, 0.6) is 0 Å². The van der Waals surface area contributed by atoms with Crippen LogP contribution < -0.4 is 5.73 Å². The second-order valence-corrected chi connectivity index (χ2v) is 3.99. The SMILES string of the molecule is Nc1nc(Cl)nn2ccc(-c3ccccc3)c12. The number of rotatable bonds is 1. The van der Waals surface area contributed by atoms with Crippen molar-refractivity contribution < 1.29 is 0 Å². The minimum Gasteiger partial charge on any atom is -0.382 e. The highest BCUT2D eigenvalue weighted by molar-refractivity contribution is 6.28. The molecular weight excluding hydrogens is 236 g/mol. The zero-order chi connectivity index (χ0) is 11.8. The molecule has 0 spiro atoms. The van der Waals surface area contributed by atoms with Crippen molar-refractivity contribution in [1.29, 1.82) is 0 Å². The van der Waals surface area contributed by atoms with E-state index in [1.807, 2.05) is 42.6 Å². The fourth-order valence-electron chi connectivity index (χ4n) is 1.87. The van der Waals surface area contributed by atoms with Gasteiger partial charge in [0.15, 0.2) is 5.82 Å². The number of anilines is 1. The quantitative estimate of drug-likeness (QED) is 0.716. The van der Waals surface area contributed by atoms with Crippen LogP contribution in [0, 0.1) is 0 Å². The van der Waals surface area contributed by atoms with Gasteiger partial charge in [0, 0.05) is 11.8 Å². The molecule has 2 aromatic heterocycles. The summed E-state index contributed by atoms with van der Waals surface area (Å²) in [5.74, 6) is 0.383. The van der Waals surface area contributed by atoms with E-state index in [0.717, 1.165) is 16.6 Å². The molecule has 0 bridgehead atoms. The molecule has 0 aliphatic heterocycles. The molecule has 3 rings (SSSR count). The van der Waals surface area contributed by atoms with Gasteiger partial charge in [0.2, 0.25) is 5.28 Å². The van der Waals surface area contributed by atoms with E-state index in [4.69, 9.17) is 17.3 Å². The molecule has 17 heavy (non-hydrogen) atoms. The minimum atomic E-state index is 0.144. The molecule has 0 amide bonds. The molecule has 4 nitrogen and oxygen atoms in total. The maximum absolute atomic E-state index is 5.88. The Hall–Kier alpha value is -2.07. The second kappa shape index (κ2) is 3.75. The summed E-state index contributed by atoms with van der Waals surface area (Å²) in [6.45, 7) is 0. The number of nitrogens with two attached hydrogens (primary N) is 1. The third-order valence-corrected chi connectivity index (χ3v) is 2.76. The van der Waals surface area contributed by atoms with E-state index in [9.17, 15) is 0 Å². The first-order valence-electron chi connectivity index (χ1n) is 5.11. The smallest absolute Gasteiger partial charge is 0.243 e. The number of nitrogens with zero attached hydrogens (tertiary/aromatic N) is 3. The van der Waals surface area contributed by atoms with E-state index >= 15 is 0 Å². The highest BCUT2D eigenvalue weighted by atomic mass is 35.5. The van der Waals surface area contributed by atoms with Crippen molar-refractivity contribution in [2.24, 2.45) is 0 Å². The zero-order valence-electron chi connectivity index (χ0n) is 8.84. The maximum Gasteiger partial charge on any atom is 0.243 e. The van der Waals surface area contributed by atoms with Gasteiger partial charge in [-0.1, -0.05) is 30.3 Å². The summed E-state index contributed by atoms with van der Waals surface area (Å²) in [5, 5.41) is 4.22. The van der Waals surface area contributed by atoms with Crippen LogP contribution in [0.2, 0.25) is 5.28 Å². The Morgan fingerprint density at radius 2 is 1.88 bits per heavy atom. The van der Waals surface area contributed by atoms with Crippen molar-refractivity contribution in [1.82, 2.24) is 14.6 Å². The van der Waals surface area contributed by atoms with Crippen molar-refractivity contribution in [3.63, 3.8) is 0 Å². The van der Waals surface area contributed by atoms with Crippen LogP contribution >= 0.6 is 11.6 Å². The summed E-state index contributed by atoms with van der Waals surface area (Å²) in [7, 11) is 0. The van der Waals surface area contributed by atoms with Crippen LogP contribution in [0.15, 0.2) is 42.6 Å². The predicted octanol–water partition coefficient (Wildman–Crippen LogP) is 2.63. The van der Waals surface area contributed by atoms with Crippen molar-refractivity contribution in [2.45, 2.75) is 0 Å². The molecule has 2 N–H and O–H groups in total. The molecule has 2 heterocycles. The van der Waals surface area contributed by atoms with Crippen LogP contribution in [0.3, 0.4) is 0 Å². The number of aromatic nitrogens is 3. The van der Waals surface area contributed by atoms with Gasteiger partial charge in [-0.2, -0.15) is 4.98 Å². The lowest BCUT2D eigenvalue weighted by atomic mass is 10.1. The molecule has 0 unspecified atom stereocenters. The van der Waals surface area contributed by atoms with E-state index in [2.05, 4.69) is 10.1 Å². The van der Waals surface area contributed by atoms with Crippen LogP contribution in [0.4, 0.5) is 5.82 Å². The van der Waals surface area contributed by atoms with Crippen LogP contribution in [-0.2, 0) is 0 Å². The van der Waals surface area contributed by atoms with Crippen molar-refractivity contribution in [3.8, 4) is 11.1 Å². The molecule has 0 fully saturated rings.